The summed E-state index contributed by atoms with van der Waals surface area (Å²) < 4.78 is 0. The molecule has 0 fully saturated rings. The molecule has 0 unspecified atom stereocenters. The van der Waals surface area contributed by atoms with Crippen LogP contribution in [0, 0.1) is 6.92 Å². The van der Waals surface area contributed by atoms with Gasteiger partial charge >= 0.3 is 0 Å². The Morgan fingerprint density at radius 1 is 1.13 bits per heavy atom. The van der Waals surface area contributed by atoms with E-state index in [1.807, 2.05) is 38.1 Å². The molecule has 0 atom stereocenters. The van der Waals surface area contributed by atoms with Gasteiger partial charge in [0, 0.05) is 22.5 Å². The lowest BCUT2D eigenvalue weighted by Gasteiger charge is -2.09. The Morgan fingerprint density at radius 2 is 1.91 bits per heavy atom. The average Bonchev–Trinajstić information content (AvgIpc) is 3.13. The topological polar surface area (TPSA) is 83.0 Å². The SMILES string of the molecule is CC1=NCc2ccc(NC(=O)c3cc4n[nH]nc4cc3C)cc21. The first kappa shape index (κ1) is 13.6. The molecule has 0 bridgehead atoms. The number of aryl methyl sites for hydroxylation is 1. The lowest BCUT2D eigenvalue weighted by Crippen LogP contribution is -2.14. The second kappa shape index (κ2) is 5.01. The van der Waals surface area contributed by atoms with Crippen LogP contribution in [0.4, 0.5) is 5.69 Å². The largest absolute Gasteiger partial charge is 0.322 e. The normalized spacial score (nSPS) is 13.0. The minimum atomic E-state index is -0.153. The molecule has 0 saturated carbocycles. The van der Waals surface area contributed by atoms with Gasteiger partial charge in [0.2, 0.25) is 0 Å². The van der Waals surface area contributed by atoms with Gasteiger partial charge in [0.05, 0.1) is 6.54 Å². The number of hydrogen-bond donors (Lipinski definition) is 2. The van der Waals surface area contributed by atoms with Crippen molar-refractivity contribution >= 4 is 28.3 Å². The Morgan fingerprint density at radius 3 is 2.74 bits per heavy atom. The third kappa shape index (κ3) is 2.28. The molecule has 1 aromatic heterocycles. The summed E-state index contributed by atoms with van der Waals surface area (Å²) in [7, 11) is 0. The number of carbonyl (C=O) groups excluding carboxylic acids is 1. The number of anilines is 1. The number of carbonyl (C=O) groups is 1. The maximum Gasteiger partial charge on any atom is 0.256 e. The van der Waals surface area contributed by atoms with E-state index in [-0.39, 0.29) is 5.91 Å². The lowest BCUT2D eigenvalue weighted by atomic mass is 10.0. The van der Waals surface area contributed by atoms with E-state index in [0.717, 1.165) is 34.6 Å². The average molecular weight is 305 g/mol. The molecule has 1 aliphatic rings. The van der Waals surface area contributed by atoms with Crippen LogP contribution in [0.5, 0.6) is 0 Å². The molecule has 0 radical (unpaired) electrons. The van der Waals surface area contributed by atoms with Crippen LogP contribution in [-0.4, -0.2) is 27.0 Å². The van der Waals surface area contributed by atoms with Gasteiger partial charge in [-0.2, -0.15) is 15.4 Å². The minimum Gasteiger partial charge on any atom is -0.322 e. The van der Waals surface area contributed by atoms with Crippen molar-refractivity contribution in [1.82, 2.24) is 15.4 Å². The second-order valence-electron chi connectivity index (χ2n) is 5.71. The van der Waals surface area contributed by atoms with Gasteiger partial charge in [-0.25, -0.2) is 0 Å². The summed E-state index contributed by atoms with van der Waals surface area (Å²) in [6.45, 7) is 4.60. The van der Waals surface area contributed by atoms with E-state index >= 15 is 0 Å². The number of H-pyrrole nitrogens is 1. The first-order valence-corrected chi connectivity index (χ1v) is 7.38. The number of nitrogens with one attached hydrogen (secondary N) is 2. The zero-order valence-electron chi connectivity index (χ0n) is 12.8. The maximum absolute atomic E-state index is 12.6. The highest BCUT2D eigenvalue weighted by atomic mass is 16.1. The first-order valence-electron chi connectivity index (χ1n) is 7.38. The molecule has 1 amide bonds. The predicted octanol–water partition coefficient (Wildman–Crippen LogP) is 2.84. The Labute approximate surface area is 132 Å². The third-order valence-electron chi connectivity index (χ3n) is 4.15. The Balaban J connectivity index is 1.65. The summed E-state index contributed by atoms with van der Waals surface area (Å²) in [4.78, 5) is 17.0. The number of aliphatic imine (C=N–C) groups is 1. The van der Waals surface area contributed by atoms with Crippen LogP contribution in [0.2, 0.25) is 0 Å². The minimum absolute atomic E-state index is 0.153. The number of nitrogens with zero attached hydrogens (tertiary/aromatic N) is 3. The smallest absolute Gasteiger partial charge is 0.256 e. The van der Waals surface area contributed by atoms with E-state index in [1.54, 1.807) is 6.07 Å². The fourth-order valence-electron chi connectivity index (χ4n) is 2.85. The van der Waals surface area contributed by atoms with Crippen LogP contribution in [0.3, 0.4) is 0 Å². The maximum atomic E-state index is 12.6. The second-order valence-corrected chi connectivity index (χ2v) is 5.71. The van der Waals surface area contributed by atoms with E-state index < -0.39 is 0 Å². The number of rotatable bonds is 2. The highest BCUT2D eigenvalue weighted by molar-refractivity contribution is 6.08. The molecule has 2 N–H and O–H groups in total. The van der Waals surface area contributed by atoms with Gasteiger partial charge in [-0.1, -0.05) is 6.07 Å². The molecule has 0 aliphatic carbocycles. The Kier molecular flexibility index (Phi) is 2.97. The van der Waals surface area contributed by atoms with Gasteiger partial charge in [0.25, 0.3) is 5.91 Å². The lowest BCUT2D eigenvalue weighted by molar-refractivity contribution is 0.102. The van der Waals surface area contributed by atoms with Gasteiger partial charge in [0.15, 0.2) is 0 Å². The van der Waals surface area contributed by atoms with Crippen molar-refractivity contribution in [3.8, 4) is 0 Å². The molecule has 0 saturated heterocycles. The Hall–Kier alpha value is -3.02. The highest BCUT2D eigenvalue weighted by Gasteiger charge is 2.15. The van der Waals surface area contributed by atoms with E-state index in [4.69, 9.17) is 0 Å². The molecule has 3 aromatic rings. The number of hydrogen-bond acceptors (Lipinski definition) is 4. The van der Waals surface area contributed by atoms with Crippen LogP contribution in [0.1, 0.15) is 34.0 Å². The van der Waals surface area contributed by atoms with E-state index in [2.05, 4.69) is 25.7 Å². The van der Waals surface area contributed by atoms with Crippen molar-refractivity contribution in [3.63, 3.8) is 0 Å². The van der Waals surface area contributed by atoms with Gasteiger partial charge < -0.3 is 5.32 Å². The van der Waals surface area contributed by atoms with Crippen molar-refractivity contribution in [2.45, 2.75) is 20.4 Å². The van der Waals surface area contributed by atoms with Gasteiger partial charge in [-0.15, -0.1) is 0 Å². The van der Waals surface area contributed by atoms with Crippen LogP contribution in [0.15, 0.2) is 35.3 Å². The first-order chi connectivity index (χ1) is 11.1. The third-order valence-corrected chi connectivity index (χ3v) is 4.15. The van der Waals surface area contributed by atoms with Crippen LogP contribution in [0.25, 0.3) is 11.0 Å². The number of fused-ring (bicyclic) bond motifs is 2. The van der Waals surface area contributed by atoms with Crippen molar-refractivity contribution in [3.05, 3.63) is 52.6 Å². The molecule has 2 aromatic carbocycles. The molecular weight excluding hydrogens is 290 g/mol. The van der Waals surface area contributed by atoms with Crippen molar-refractivity contribution in [2.24, 2.45) is 4.99 Å². The Bertz CT molecular complexity index is 970. The van der Waals surface area contributed by atoms with Crippen LogP contribution in [-0.2, 0) is 6.54 Å². The summed E-state index contributed by atoms with van der Waals surface area (Å²) in [5.74, 6) is -0.153. The summed E-state index contributed by atoms with van der Waals surface area (Å²) in [6.07, 6.45) is 0. The fourth-order valence-corrected chi connectivity index (χ4v) is 2.85. The molecule has 2 heterocycles. The summed E-state index contributed by atoms with van der Waals surface area (Å²) >= 11 is 0. The molecule has 114 valence electrons. The number of amides is 1. The zero-order valence-corrected chi connectivity index (χ0v) is 12.8. The van der Waals surface area contributed by atoms with Crippen molar-refractivity contribution in [2.75, 3.05) is 5.32 Å². The van der Waals surface area contributed by atoms with Gasteiger partial charge in [-0.05, 0) is 49.2 Å². The molecule has 1 aliphatic heterocycles. The molecule has 4 rings (SSSR count). The van der Waals surface area contributed by atoms with Crippen molar-refractivity contribution in [1.29, 1.82) is 0 Å². The quantitative estimate of drug-likeness (QED) is 0.763. The van der Waals surface area contributed by atoms with Crippen LogP contribution >= 0.6 is 0 Å². The fraction of sp³-hybridized carbons (Fsp3) is 0.176. The summed E-state index contributed by atoms with van der Waals surface area (Å²) in [6, 6.07) is 9.51. The molecule has 0 spiro atoms. The molecular formula is C17H15N5O. The zero-order chi connectivity index (χ0) is 16.0. The summed E-state index contributed by atoms with van der Waals surface area (Å²) in [5.41, 5.74) is 6.97. The number of aromatic nitrogens is 3. The number of aromatic amines is 1. The molecule has 6 heteroatoms. The van der Waals surface area contributed by atoms with Gasteiger partial charge in [0.1, 0.15) is 11.0 Å². The molecule has 6 nitrogen and oxygen atoms in total. The van der Waals surface area contributed by atoms with Crippen molar-refractivity contribution < 1.29 is 4.79 Å². The van der Waals surface area contributed by atoms with Crippen LogP contribution < -0.4 is 5.32 Å². The number of benzene rings is 2. The van der Waals surface area contributed by atoms with E-state index in [0.29, 0.717) is 11.1 Å². The monoisotopic (exact) mass is 305 g/mol. The molecule has 23 heavy (non-hydrogen) atoms. The highest BCUT2D eigenvalue weighted by Crippen LogP contribution is 2.24. The predicted molar refractivity (Wildman–Crippen MR) is 88.9 cm³/mol. The van der Waals surface area contributed by atoms with E-state index in [9.17, 15) is 4.79 Å². The summed E-state index contributed by atoms with van der Waals surface area (Å²) in [5, 5.41) is 13.6. The van der Waals surface area contributed by atoms with Gasteiger partial charge in [-0.3, -0.25) is 9.79 Å². The van der Waals surface area contributed by atoms with E-state index in [1.165, 1.54) is 5.56 Å². The standard InChI is InChI=1S/C17H15N5O/c1-9-5-15-16(21-22-20-15)7-13(9)17(23)19-12-4-3-11-8-18-10(2)14(11)6-12/h3-7H,8H2,1-2H3,(H,19,23)(H,20,21,22).